The fourth-order valence-corrected chi connectivity index (χ4v) is 4.39. The second kappa shape index (κ2) is 10.4. The molecule has 1 aromatic heterocycles. The molecule has 0 radical (unpaired) electrons. The van der Waals surface area contributed by atoms with Crippen molar-refractivity contribution >= 4 is 17.3 Å². The number of carbonyl (C=O) groups is 1. The Balaban J connectivity index is 1.34. The van der Waals surface area contributed by atoms with Gasteiger partial charge in [-0.2, -0.15) is 0 Å². The second-order valence-electron chi connectivity index (χ2n) is 8.19. The van der Waals surface area contributed by atoms with Crippen molar-refractivity contribution in [1.29, 1.82) is 0 Å². The van der Waals surface area contributed by atoms with Gasteiger partial charge in [-0.1, -0.05) is 11.2 Å². The molecular weight excluding hydrogens is 390 g/mol. The molecule has 1 amide bonds. The average molecular weight is 422 g/mol. The Bertz CT molecular complexity index is 871. The Morgan fingerprint density at radius 3 is 2.48 bits per heavy atom. The van der Waals surface area contributed by atoms with E-state index in [4.69, 9.17) is 4.84 Å². The summed E-state index contributed by atoms with van der Waals surface area (Å²) in [4.78, 5) is 24.4. The van der Waals surface area contributed by atoms with Crippen LogP contribution < -0.4 is 10.6 Å². The predicted octanol–water partition coefficient (Wildman–Crippen LogP) is 3.15. The van der Waals surface area contributed by atoms with Crippen LogP contribution in [0.5, 0.6) is 0 Å². The quantitative estimate of drug-likeness (QED) is 0.553. The number of carbonyl (C=O) groups excluding carboxylic acids is 1. The summed E-state index contributed by atoms with van der Waals surface area (Å²) < 4.78 is 0. The van der Waals surface area contributed by atoms with Crippen LogP contribution in [0.25, 0.3) is 0 Å². The summed E-state index contributed by atoms with van der Waals surface area (Å²) in [5, 5.41) is 11.2. The van der Waals surface area contributed by atoms with E-state index in [9.17, 15) is 4.79 Å². The van der Waals surface area contributed by atoms with Gasteiger partial charge in [0, 0.05) is 42.5 Å². The highest BCUT2D eigenvalue weighted by atomic mass is 16.6. The van der Waals surface area contributed by atoms with Gasteiger partial charge >= 0.3 is 0 Å². The summed E-state index contributed by atoms with van der Waals surface area (Å²) in [5.41, 5.74) is 3.53. The molecule has 1 aromatic carbocycles. The van der Waals surface area contributed by atoms with Crippen molar-refractivity contribution in [3.63, 3.8) is 0 Å². The molecular formula is C24H31N5O2. The van der Waals surface area contributed by atoms with Crippen LogP contribution in [0.1, 0.15) is 41.7 Å². The Labute approximate surface area is 183 Å². The predicted molar refractivity (Wildman–Crippen MR) is 122 cm³/mol. The summed E-state index contributed by atoms with van der Waals surface area (Å²) in [6, 6.07) is 14.2. The van der Waals surface area contributed by atoms with E-state index in [1.54, 1.807) is 13.3 Å². The monoisotopic (exact) mass is 421 g/mol. The Kier molecular flexibility index (Phi) is 7.14. The van der Waals surface area contributed by atoms with Gasteiger partial charge in [0.2, 0.25) is 0 Å². The summed E-state index contributed by atoms with van der Waals surface area (Å²) >= 11 is 0. The molecule has 31 heavy (non-hydrogen) atoms. The molecule has 0 saturated carbocycles. The topological polar surface area (TPSA) is 78.9 Å². The van der Waals surface area contributed by atoms with E-state index in [0.29, 0.717) is 19.1 Å². The molecule has 2 aromatic rings. The molecule has 0 atom stereocenters. The number of hydrogen-bond donors (Lipinski definition) is 2. The summed E-state index contributed by atoms with van der Waals surface area (Å²) in [5.74, 6) is 0.324. The number of nitrogens with zero attached hydrogens (tertiary/aromatic N) is 3. The third kappa shape index (κ3) is 5.41. The molecule has 7 nitrogen and oxygen atoms in total. The first-order valence-corrected chi connectivity index (χ1v) is 11.1. The number of amides is 1. The van der Waals surface area contributed by atoms with Gasteiger partial charge in [-0.15, -0.1) is 0 Å². The van der Waals surface area contributed by atoms with Crippen molar-refractivity contribution in [1.82, 2.24) is 15.2 Å². The number of rotatable bonds is 6. The van der Waals surface area contributed by atoms with Gasteiger partial charge in [0.15, 0.2) is 0 Å². The number of anilines is 1. The highest BCUT2D eigenvalue weighted by molar-refractivity contribution is 6.00. The standard InChI is InChI=1S/C24H31N5O2/c1-31-28-23(22-4-2-3-13-26-22)18-11-16-29(17-12-18)24(30)19-5-7-20(8-6-19)27-21-9-14-25-15-10-21/h2-8,13,18,21,25,27H,9-12,14-17H2,1H3. The molecule has 2 aliphatic rings. The van der Waals surface area contributed by atoms with Crippen LogP contribution in [-0.4, -0.2) is 60.8 Å². The lowest BCUT2D eigenvalue weighted by molar-refractivity contribution is 0.0709. The Morgan fingerprint density at radius 1 is 1.10 bits per heavy atom. The average Bonchev–Trinajstić information content (AvgIpc) is 2.84. The zero-order valence-electron chi connectivity index (χ0n) is 18.1. The molecule has 2 N–H and O–H groups in total. The zero-order valence-corrected chi connectivity index (χ0v) is 18.1. The van der Waals surface area contributed by atoms with Crippen molar-refractivity contribution in [2.75, 3.05) is 38.6 Å². The van der Waals surface area contributed by atoms with Crippen LogP contribution in [0, 0.1) is 5.92 Å². The number of likely N-dealkylation sites (tertiary alicyclic amines) is 1. The normalized spacial score (nSPS) is 18.6. The smallest absolute Gasteiger partial charge is 0.253 e. The molecule has 2 aliphatic heterocycles. The molecule has 2 saturated heterocycles. The highest BCUT2D eigenvalue weighted by Crippen LogP contribution is 2.24. The Hall–Kier alpha value is -2.93. The van der Waals surface area contributed by atoms with Crippen LogP contribution >= 0.6 is 0 Å². The van der Waals surface area contributed by atoms with E-state index in [1.165, 1.54) is 0 Å². The molecule has 164 valence electrons. The third-order valence-electron chi connectivity index (χ3n) is 6.13. The van der Waals surface area contributed by atoms with Crippen molar-refractivity contribution in [3.05, 3.63) is 59.9 Å². The fraction of sp³-hybridized carbons (Fsp3) is 0.458. The number of benzene rings is 1. The molecule has 2 fully saturated rings. The first-order valence-electron chi connectivity index (χ1n) is 11.1. The van der Waals surface area contributed by atoms with Gasteiger partial charge < -0.3 is 20.4 Å². The molecule has 3 heterocycles. The molecule has 7 heteroatoms. The minimum Gasteiger partial charge on any atom is -0.399 e. The van der Waals surface area contributed by atoms with Crippen LogP contribution in [0.3, 0.4) is 0 Å². The maximum Gasteiger partial charge on any atom is 0.253 e. The molecule has 0 bridgehead atoms. The van der Waals surface area contributed by atoms with Crippen LogP contribution in [0.4, 0.5) is 5.69 Å². The van der Waals surface area contributed by atoms with Crippen LogP contribution in [0.15, 0.2) is 53.8 Å². The highest BCUT2D eigenvalue weighted by Gasteiger charge is 2.28. The lowest BCUT2D eigenvalue weighted by atomic mass is 9.89. The first kappa shape index (κ1) is 21.3. The van der Waals surface area contributed by atoms with Gasteiger partial charge in [0.25, 0.3) is 5.91 Å². The van der Waals surface area contributed by atoms with E-state index in [-0.39, 0.29) is 11.8 Å². The summed E-state index contributed by atoms with van der Waals surface area (Å²) in [6.45, 7) is 3.52. The lowest BCUT2D eigenvalue weighted by Gasteiger charge is -2.32. The largest absolute Gasteiger partial charge is 0.399 e. The van der Waals surface area contributed by atoms with Gasteiger partial charge in [0.1, 0.15) is 12.8 Å². The first-order chi connectivity index (χ1) is 15.2. The van der Waals surface area contributed by atoms with Crippen LogP contribution in [0.2, 0.25) is 0 Å². The van der Waals surface area contributed by atoms with Crippen molar-refractivity contribution in [2.45, 2.75) is 31.7 Å². The molecule has 4 rings (SSSR count). The van der Waals surface area contributed by atoms with Gasteiger partial charge in [-0.05, 0) is 75.2 Å². The van der Waals surface area contributed by atoms with Crippen LogP contribution in [-0.2, 0) is 4.84 Å². The molecule has 0 aliphatic carbocycles. The molecule has 0 unspecified atom stereocenters. The van der Waals surface area contributed by atoms with Crippen molar-refractivity contribution in [3.8, 4) is 0 Å². The van der Waals surface area contributed by atoms with Crippen molar-refractivity contribution < 1.29 is 9.63 Å². The van der Waals surface area contributed by atoms with E-state index in [2.05, 4.69) is 20.8 Å². The number of hydrogen-bond acceptors (Lipinski definition) is 6. The van der Waals surface area contributed by atoms with Crippen molar-refractivity contribution in [2.24, 2.45) is 11.1 Å². The van der Waals surface area contributed by atoms with E-state index < -0.39 is 0 Å². The van der Waals surface area contributed by atoms with Gasteiger partial charge in [-0.3, -0.25) is 9.78 Å². The zero-order chi connectivity index (χ0) is 21.5. The minimum atomic E-state index is 0.0925. The van der Waals surface area contributed by atoms with E-state index in [0.717, 1.165) is 61.4 Å². The number of oxime groups is 1. The molecule has 0 spiro atoms. The number of aromatic nitrogens is 1. The maximum absolute atomic E-state index is 13.0. The number of nitrogens with one attached hydrogen (secondary N) is 2. The number of piperidine rings is 2. The number of pyridine rings is 1. The second-order valence-corrected chi connectivity index (χ2v) is 8.19. The summed E-state index contributed by atoms with van der Waals surface area (Å²) in [6.07, 6.45) is 5.72. The minimum absolute atomic E-state index is 0.0925. The van der Waals surface area contributed by atoms with E-state index in [1.807, 2.05) is 47.4 Å². The lowest BCUT2D eigenvalue weighted by Crippen LogP contribution is -2.40. The fourth-order valence-electron chi connectivity index (χ4n) is 4.39. The SMILES string of the molecule is CON=C(c1ccccn1)C1CCN(C(=O)c2ccc(NC3CCNCC3)cc2)CC1. The van der Waals surface area contributed by atoms with Gasteiger partial charge in [0.05, 0.1) is 5.69 Å². The Morgan fingerprint density at radius 2 is 1.84 bits per heavy atom. The maximum atomic E-state index is 13.0. The summed E-state index contributed by atoms with van der Waals surface area (Å²) in [7, 11) is 1.56. The third-order valence-corrected chi connectivity index (χ3v) is 6.13. The van der Waals surface area contributed by atoms with Gasteiger partial charge in [-0.25, -0.2) is 0 Å². The van der Waals surface area contributed by atoms with E-state index >= 15 is 0 Å².